The smallest absolute Gasteiger partial charge is 0.339 e. The fourth-order valence-corrected chi connectivity index (χ4v) is 4.75. The normalized spacial score (nSPS) is 14.6. The molecule has 3 aromatic rings. The van der Waals surface area contributed by atoms with Crippen LogP contribution in [-0.2, 0) is 12.7 Å². The second-order valence-corrected chi connectivity index (χ2v) is 10.1. The third-order valence-electron chi connectivity index (χ3n) is 6.94. The van der Waals surface area contributed by atoms with E-state index in [1.54, 1.807) is 29.2 Å². The van der Waals surface area contributed by atoms with E-state index in [9.17, 15) is 22.8 Å². The van der Waals surface area contributed by atoms with E-state index in [1.165, 1.54) is 12.1 Å². The molecule has 0 spiro atoms. The third kappa shape index (κ3) is 6.61. The number of amides is 2. The minimum atomic E-state index is -4.35. The van der Waals surface area contributed by atoms with Gasteiger partial charge in [-0.25, -0.2) is 0 Å². The first-order valence-corrected chi connectivity index (χ1v) is 12.6. The maximum absolute atomic E-state index is 13.2. The van der Waals surface area contributed by atoms with Crippen molar-refractivity contribution in [1.29, 1.82) is 0 Å². The second kappa shape index (κ2) is 11.4. The summed E-state index contributed by atoms with van der Waals surface area (Å²) in [4.78, 5) is 29.9. The van der Waals surface area contributed by atoms with E-state index in [4.69, 9.17) is 0 Å². The Morgan fingerprint density at radius 2 is 1.53 bits per heavy atom. The van der Waals surface area contributed by atoms with Crippen molar-refractivity contribution in [1.82, 2.24) is 9.80 Å². The minimum Gasteiger partial charge on any atom is -0.339 e. The lowest BCUT2D eigenvalue weighted by atomic mass is 9.88. The number of halogens is 3. The molecule has 1 N–H and O–H groups in total. The van der Waals surface area contributed by atoms with Crippen LogP contribution in [0.1, 0.15) is 61.7 Å². The number of likely N-dealkylation sites (tertiary alicyclic amines) is 1. The fourth-order valence-electron chi connectivity index (χ4n) is 4.75. The highest BCUT2D eigenvalue weighted by Crippen LogP contribution is 2.33. The van der Waals surface area contributed by atoms with Gasteiger partial charge < -0.3 is 15.1 Å². The summed E-state index contributed by atoms with van der Waals surface area (Å²) < 4.78 is 38.6. The van der Waals surface area contributed by atoms with Crippen LogP contribution in [-0.4, -0.2) is 48.8 Å². The summed E-state index contributed by atoms with van der Waals surface area (Å²) in [6.45, 7) is 3.69. The van der Waals surface area contributed by atoms with Gasteiger partial charge in [-0.2, -0.15) is 13.2 Å². The van der Waals surface area contributed by atoms with Crippen molar-refractivity contribution in [3.8, 4) is 0 Å². The summed E-state index contributed by atoms with van der Waals surface area (Å²) in [5.41, 5.74) is 3.77. The molecule has 0 aliphatic carbocycles. The number of benzene rings is 3. The van der Waals surface area contributed by atoms with Crippen LogP contribution >= 0.6 is 0 Å². The highest BCUT2D eigenvalue weighted by molar-refractivity contribution is 6.05. The van der Waals surface area contributed by atoms with Crippen LogP contribution in [0, 0.1) is 6.92 Å². The molecule has 8 heteroatoms. The average molecular weight is 524 g/mol. The lowest BCUT2D eigenvalue weighted by molar-refractivity contribution is -0.137. The molecule has 1 aliphatic rings. The number of rotatable bonds is 6. The van der Waals surface area contributed by atoms with Crippen LogP contribution in [0.15, 0.2) is 66.7 Å². The van der Waals surface area contributed by atoms with Crippen molar-refractivity contribution in [3.63, 3.8) is 0 Å². The van der Waals surface area contributed by atoms with E-state index >= 15 is 0 Å². The number of aryl methyl sites for hydroxylation is 1. The molecule has 0 atom stereocenters. The molecule has 1 heterocycles. The van der Waals surface area contributed by atoms with Crippen molar-refractivity contribution < 1.29 is 22.8 Å². The molecule has 1 fully saturated rings. The molecule has 4 rings (SSSR count). The van der Waals surface area contributed by atoms with Crippen molar-refractivity contribution >= 4 is 17.5 Å². The van der Waals surface area contributed by atoms with Crippen LogP contribution in [0.4, 0.5) is 18.9 Å². The Balaban J connectivity index is 1.38. The number of anilines is 1. The Kier molecular flexibility index (Phi) is 8.21. The van der Waals surface area contributed by atoms with Gasteiger partial charge in [-0.05, 0) is 92.9 Å². The molecule has 2 amide bonds. The number of nitrogens with zero attached hydrogens (tertiary/aromatic N) is 2. The average Bonchev–Trinajstić information content (AvgIpc) is 2.89. The molecule has 0 aromatic heterocycles. The standard InChI is InChI=1S/C30H32F3N3O2/c1-20-4-7-25(18-27(20)34-28(37)24-8-5-21(6-9-24)19-35(2)3)29(38)36-16-14-23(15-17-36)22-10-12-26(13-11-22)30(31,32)33/h4-13,18,23H,14-17,19H2,1-3H3,(H,34,37). The molecule has 3 aromatic carbocycles. The molecule has 1 aliphatic heterocycles. The van der Waals surface area contributed by atoms with E-state index < -0.39 is 11.7 Å². The largest absolute Gasteiger partial charge is 0.416 e. The molecule has 0 radical (unpaired) electrons. The molecule has 5 nitrogen and oxygen atoms in total. The first kappa shape index (κ1) is 27.4. The maximum atomic E-state index is 13.2. The first-order chi connectivity index (χ1) is 18.0. The van der Waals surface area contributed by atoms with Gasteiger partial charge >= 0.3 is 6.18 Å². The number of carbonyl (C=O) groups is 2. The maximum Gasteiger partial charge on any atom is 0.416 e. The van der Waals surface area contributed by atoms with Crippen LogP contribution < -0.4 is 5.32 Å². The monoisotopic (exact) mass is 523 g/mol. The van der Waals surface area contributed by atoms with E-state index in [-0.39, 0.29) is 17.7 Å². The van der Waals surface area contributed by atoms with Gasteiger partial charge in [0.2, 0.25) is 0 Å². The number of hydrogen-bond acceptors (Lipinski definition) is 3. The van der Waals surface area contributed by atoms with Gasteiger partial charge in [0, 0.05) is 36.4 Å². The number of alkyl halides is 3. The summed E-state index contributed by atoms with van der Waals surface area (Å²) in [5.74, 6) is -0.260. The van der Waals surface area contributed by atoms with Gasteiger partial charge in [-0.3, -0.25) is 9.59 Å². The third-order valence-corrected chi connectivity index (χ3v) is 6.94. The number of hydrogen-bond donors (Lipinski definition) is 1. The summed E-state index contributed by atoms with van der Waals surface area (Å²) in [7, 11) is 3.97. The van der Waals surface area contributed by atoms with E-state index in [0.29, 0.717) is 42.7 Å². The van der Waals surface area contributed by atoms with Gasteiger partial charge in [0.1, 0.15) is 0 Å². The predicted octanol–water partition coefficient (Wildman–Crippen LogP) is 6.35. The van der Waals surface area contributed by atoms with E-state index in [2.05, 4.69) is 10.2 Å². The van der Waals surface area contributed by atoms with Gasteiger partial charge in [0.25, 0.3) is 11.8 Å². The zero-order valence-corrected chi connectivity index (χ0v) is 21.8. The van der Waals surface area contributed by atoms with Crippen LogP contribution in [0.25, 0.3) is 0 Å². The number of piperidine rings is 1. The second-order valence-electron chi connectivity index (χ2n) is 10.1. The van der Waals surface area contributed by atoms with Crippen molar-refractivity contribution in [2.75, 3.05) is 32.5 Å². The summed E-state index contributed by atoms with van der Waals surface area (Å²) in [6.07, 6.45) is -3.00. The molecule has 200 valence electrons. The molecule has 0 unspecified atom stereocenters. The lowest BCUT2D eigenvalue weighted by Crippen LogP contribution is -2.38. The van der Waals surface area contributed by atoms with Gasteiger partial charge in [0.05, 0.1) is 5.56 Å². The van der Waals surface area contributed by atoms with Gasteiger partial charge in [-0.1, -0.05) is 30.3 Å². The minimum absolute atomic E-state index is 0.110. The predicted molar refractivity (Wildman–Crippen MR) is 142 cm³/mol. The Morgan fingerprint density at radius 3 is 2.11 bits per heavy atom. The van der Waals surface area contributed by atoms with Crippen molar-refractivity contribution in [2.24, 2.45) is 0 Å². The van der Waals surface area contributed by atoms with Crippen LogP contribution in [0.3, 0.4) is 0 Å². The van der Waals surface area contributed by atoms with Gasteiger partial charge in [-0.15, -0.1) is 0 Å². The van der Waals surface area contributed by atoms with Crippen LogP contribution in [0.2, 0.25) is 0 Å². The summed E-state index contributed by atoms with van der Waals surface area (Å²) in [6, 6.07) is 18.0. The summed E-state index contributed by atoms with van der Waals surface area (Å²) >= 11 is 0. The highest BCUT2D eigenvalue weighted by atomic mass is 19.4. The zero-order valence-electron chi connectivity index (χ0n) is 21.8. The SMILES string of the molecule is Cc1ccc(C(=O)N2CCC(c3ccc(C(F)(F)F)cc3)CC2)cc1NC(=O)c1ccc(CN(C)C)cc1. The Hall–Kier alpha value is -3.65. The highest BCUT2D eigenvalue weighted by Gasteiger charge is 2.31. The molecule has 38 heavy (non-hydrogen) atoms. The lowest BCUT2D eigenvalue weighted by Gasteiger charge is -2.32. The number of nitrogens with one attached hydrogen (secondary N) is 1. The molecule has 1 saturated heterocycles. The van der Waals surface area contributed by atoms with Crippen molar-refractivity contribution in [3.05, 3.63) is 100 Å². The molecule has 0 saturated carbocycles. The van der Waals surface area contributed by atoms with Crippen LogP contribution in [0.5, 0.6) is 0 Å². The Labute approximate surface area is 221 Å². The van der Waals surface area contributed by atoms with Crippen molar-refractivity contribution in [2.45, 2.75) is 38.4 Å². The van der Waals surface area contributed by atoms with E-state index in [0.717, 1.165) is 35.4 Å². The molecular weight excluding hydrogens is 491 g/mol. The quantitative estimate of drug-likeness (QED) is 0.410. The Morgan fingerprint density at radius 1 is 0.921 bits per heavy atom. The molecule has 0 bridgehead atoms. The van der Waals surface area contributed by atoms with E-state index in [1.807, 2.05) is 39.2 Å². The fraction of sp³-hybridized carbons (Fsp3) is 0.333. The molecular formula is C30H32F3N3O2. The van der Waals surface area contributed by atoms with Gasteiger partial charge in [0.15, 0.2) is 0 Å². The zero-order chi connectivity index (χ0) is 27.4. The topological polar surface area (TPSA) is 52.7 Å². The first-order valence-electron chi connectivity index (χ1n) is 12.6. The number of carbonyl (C=O) groups excluding carboxylic acids is 2. The summed E-state index contributed by atoms with van der Waals surface area (Å²) in [5, 5.41) is 2.93. The Bertz CT molecular complexity index is 1280.